The van der Waals surface area contributed by atoms with Crippen LogP contribution in [0.5, 0.6) is 0 Å². The zero-order valence-electron chi connectivity index (χ0n) is 13.6. The lowest BCUT2D eigenvalue weighted by Crippen LogP contribution is -2.39. The van der Waals surface area contributed by atoms with E-state index in [-0.39, 0.29) is 17.1 Å². The molecular weight excluding hydrogens is 380 g/mol. The Morgan fingerprint density at radius 1 is 1.26 bits per heavy atom. The second-order valence-corrected chi connectivity index (χ2v) is 6.15. The molecule has 1 heterocycles. The summed E-state index contributed by atoms with van der Waals surface area (Å²) in [5, 5.41) is 13.9. The van der Waals surface area contributed by atoms with E-state index >= 15 is 0 Å². The van der Waals surface area contributed by atoms with Gasteiger partial charge in [0.1, 0.15) is 17.7 Å². The van der Waals surface area contributed by atoms with Crippen LogP contribution in [0.4, 0.5) is 13.6 Å². The van der Waals surface area contributed by atoms with Crippen LogP contribution in [0.3, 0.4) is 0 Å². The predicted molar refractivity (Wildman–Crippen MR) is 90.8 cm³/mol. The number of nitrogens with zero attached hydrogens (tertiary/aromatic N) is 1. The van der Waals surface area contributed by atoms with Crippen molar-refractivity contribution in [2.75, 3.05) is 6.54 Å². The van der Waals surface area contributed by atoms with Gasteiger partial charge in [-0.3, -0.25) is 4.79 Å². The van der Waals surface area contributed by atoms with Crippen LogP contribution in [0.1, 0.15) is 22.7 Å². The minimum Gasteiger partial charge on any atom is -0.434 e. The van der Waals surface area contributed by atoms with E-state index in [4.69, 9.17) is 21.6 Å². The molecule has 0 aliphatic carbocycles. The molecule has 0 saturated carbocycles. The van der Waals surface area contributed by atoms with Gasteiger partial charge in [-0.25, -0.2) is 13.6 Å². The normalized spacial score (nSPS) is 16.8. The summed E-state index contributed by atoms with van der Waals surface area (Å²) in [5.41, 5.74) is 0.567. The first-order chi connectivity index (χ1) is 12.9. The van der Waals surface area contributed by atoms with E-state index in [0.717, 1.165) is 12.1 Å². The summed E-state index contributed by atoms with van der Waals surface area (Å²) in [7, 11) is 0. The first-order valence-corrected chi connectivity index (χ1v) is 8.16. The molecule has 0 bridgehead atoms. The predicted octanol–water partition coefficient (Wildman–Crippen LogP) is 2.80. The van der Waals surface area contributed by atoms with Gasteiger partial charge in [0, 0.05) is 0 Å². The smallest absolute Gasteiger partial charge is 0.408 e. The molecule has 2 aromatic rings. The maximum Gasteiger partial charge on any atom is 0.408 e. The lowest BCUT2D eigenvalue weighted by molar-refractivity contribution is -0.128. The number of hydrogen-bond donors (Lipinski definition) is 2. The van der Waals surface area contributed by atoms with Gasteiger partial charge in [0.2, 0.25) is 0 Å². The molecular formula is C18H12ClF2N3O3. The second kappa shape index (κ2) is 7.60. The summed E-state index contributed by atoms with van der Waals surface area (Å²) in [4.78, 5) is 23.6. The Hall–Kier alpha value is -3.18. The number of benzene rings is 2. The fourth-order valence-electron chi connectivity index (χ4n) is 2.63. The average Bonchev–Trinajstić information content (AvgIpc) is 3.09. The van der Waals surface area contributed by atoms with Crippen LogP contribution in [-0.4, -0.2) is 24.6 Å². The molecule has 1 aliphatic rings. The van der Waals surface area contributed by atoms with Gasteiger partial charge in [-0.05, 0) is 35.4 Å². The summed E-state index contributed by atoms with van der Waals surface area (Å²) < 4.78 is 32.0. The number of nitrogens with one attached hydrogen (secondary N) is 2. The van der Waals surface area contributed by atoms with Crippen LogP contribution in [0.25, 0.3) is 0 Å². The monoisotopic (exact) mass is 391 g/mol. The van der Waals surface area contributed by atoms with E-state index in [9.17, 15) is 18.4 Å². The maximum absolute atomic E-state index is 13.7. The van der Waals surface area contributed by atoms with E-state index in [1.807, 2.05) is 0 Å². The number of alkyl carbamates (subject to hydrolysis) is 1. The van der Waals surface area contributed by atoms with Gasteiger partial charge in [0.25, 0.3) is 5.91 Å². The molecule has 1 aliphatic heterocycles. The largest absolute Gasteiger partial charge is 0.434 e. The molecule has 2 aromatic carbocycles. The minimum absolute atomic E-state index is 0.00553. The van der Waals surface area contributed by atoms with Crippen LogP contribution in [-0.2, 0) is 9.53 Å². The van der Waals surface area contributed by atoms with E-state index in [2.05, 4.69) is 10.6 Å². The SMILES string of the molecule is N#Cc1cc(C(NC(=O)[C@@H]2CNC(=O)O2)c2ccc(F)c(Cl)c2)ccc1F. The fraction of sp³-hybridized carbons (Fsp3) is 0.167. The lowest BCUT2D eigenvalue weighted by atomic mass is 9.96. The molecule has 138 valence electrons. The molecule has 0 spiro atoms. The number of amides is 2. The van der Waals surface area contributed by atoms with Gasteiger partial charge < -0.3 is 15.4 Å². The minimum atomic E-state index is -1.05. The summed E-state index contributed by atoms with van der Waals surface area (Å²) in [6.45, 7) is -0.00553. The number of carbonyl (C=O) groups excluding carboxylic acids is 2. The van der Waals surface area contributed by atoms with Crippen LogP contribution in [0.2, 0.25) is 5.02 Å². The van der Waals surface area contributed by atoms with Crippen molar-refractivity contribution >= 4 is 23.6 Å². The standard InChI is InChI=1S/C18H12ClF2N3O3/c19-12-6-10(2-4-14(12)21)16(9-1-3-13(20)11(5-9)7-22)24-17(25)15-8-23-18(26)27-15/h1-6,15-16H,8H2,(H,23,26)(H,24,25)/t15-,16?/m0/s1. The van der Waals surface area contributed by atoms with Crippen LogP contribution < -0.4 is 10.6 Å². The summed E-state index contributed by atoms with van der Waals surface area (Å²) in [5.74, 6) is -1.96. The average molecular weight is 392 g/mol. The van der Waals surface area contributed by atoms with Crippen molar-refractivity contribution in [2.24, 2.45) is 0 Å². The first-order valence-electron chi connectivity index (χ1n) is 7.78. The Morgan fingerprint density at radius 2 is 1.93 bits per heavy atom. The molecule has 0 aromatic heterocycles. The zero-order chi connectivity index (χ0) is 19.6. The molecule has 2 N–H and O–H groups in total. The van der Waals surface area contributed by atoms with Crippen molar-refractivity contribution in [2.45, 2.75) is 12.1 Å². The van der Waals surface area contributed by atoms with E-state index < -0.39 is 35.8 Å². The summed E-state index contributed by atoms with van der Waals surface area (Å²) >= 11 is 5.83. The topological polar surface area (TPSA) is 91.2 Å². The second-order valence-electron chi connectivity index (χ2n) is 5.74. The van der Waals surface area contributed by atoms with E-state index in [0.29, 0.717) is 11.1 Å². The molecule has 3 rings (SSSR count). The van der Waals surface area contributed by atoms with Crippen molar-refractivity contribution in [3.8, 4) is 6.07 Å². The van der Waals surface area contributed by atoms with E-state index in [1.54, 1.807) is 6.07 Å². The summed E-state index contributed by atoms with van der Waals surface area (Å²) in [6, 6.07) is 8.45. The Kier molecular flexibility index (Phi) is 5.23. The molecule has 2 amide bonds. The highest BCUT2D eigenvalue weighted by atomic mass is 35.5. The molecule has 0 radical (unpaired) electrons. The first kappa shape index (κ1) is 18.6. The Balaban J connectivity index is 1.98. The van der Waals surface area contributed by atoms with Crippen LogP contribution >= 0.6 is 11.6 Å². The molecule has 27 heavy (non-hydrogen) atoms. The maximum atomic E-state index is 13.7. The number of hydrogen-bond acceptors (Lipinski definition) is 4. The van der Waals surface area contributed by atoms with Crippen molar-refractivity contribution in [3.05, 3.63) is 69.7 Å². The number of carbonyl (C=O) groups is 2. The van der Waals surface area contributed by atoms with Crippen molar-refractivity contribution < 1.29 is 23.1 Å². The number of nitriles is 1. The van der Waals surface area contributed by atoms with Crippen LogP contribution in [0.15, 0.2) is 36.4 Å². The fourth-order valence-corrected chi connectivity index (χ4v) is 2.82. The van der Waals surface area contributed by atoms with Gasteiger partial charge >= 0.3 is 6.09 Å². The van der Waals surface area contributed by atoms with Gasteiger partial charge in [-0.1, -0.05) is 23.7 Å². The molecule has 1 saturated heterocycles. The molecule has 6 nitrogen and oxygen atoms in total. The third-order valence-corrected chi connectivity index (χ3v) is 4.27. The van der Waals surface area contributed by atoms with Crippen molar-refractivity contribution in [1.29, 1.82) is 5.26 Å². The number of cyclic esters (lactones) is 1. The number of rotatable bonds is 4. The Bertz CT molecular complexity index is 961. The van der Waals surface area contributed by atoms with Gasteiger partial charge in [0.05, 0.1) is 23.2 Å². The third kappa shape index (κ3) is 3.99. The van der Waals surface area contributed by atoms with Gasteiger partial charge in [0.15, 0.2) is 6.10 Å². The van der Waals surface area contributed by atoms with Crippen molar-refractivity contribution in [3.63, 3.8) is 0 Å². The lowest BCUT2D eigenvalue weighted by Gasteiger charge is -2.22. The third-order valence-electron chi connectivity index (χ3n) is 3.98. The van der Waals surface area contributed by atoms with Crippen LogP contribution in [0, 0.1) is 23.0 Å². The highest BCUT2D eigenvalue weighted by Gasteiger charge is 2.31. The number of ether oxygens (including phenoxy) is 1. The quantitative estimate of drug-likeness (QED) is 0.838. The molecule has 1 fully saturated rings. The Labute approximate surface area is 157 Å². The highest BCUT2D eigenvalue weighted by Crippen LogP contribution is 2.27. The van der Waals surface area contributed by atoms with E-state index in [1.165, 1.54) is 24.3 Å². The highest BCUT2D eigenvalue weighted by molar-refractivity contribution is 6.30. The molecule has 1 unspecified atom stereocenters. The van der Waals surface area contributed by atoms with Gasteiger partial charge in [-0.2, -0.15) is 5.26 Å². The zero-order valence-corrected chi connectivity index (χ0v) is 14.4. The molecule has 9 heteroatoms. The number of halogens is 3. The Morgan fingerprint density at radius 3 is 2.52 bits per heavy atom. The summed E-state index contributed by atoms with van der Waals surface area (Å²) in [6.07, 6.45) is -1.77. The van der Waals surface area contributed by atoms with Crippen molar-refractivity contribution in [1.82, 2.24) is 10.6 Å². The molecule has 2 atom stereocenters. The van der Waals surface area contributed by atoms with Gasteiger partial charge in [-0.15, -0.1) is 0 Å².